The molecular weight excluding hydrogens is 242 g/mol. The van der Waals surface area contributed by atoms with E-state index in [4.69, 9.17) is 17.3 Å². The minimum absolute atomic E-state index is 0.288. The lowest BCUT2D eigenvalue weighted by Crippen LogP contribution is -2.38. The number of anilines is 1. The molecule has 0 unspecified atom stereocenters. The fourth-order valence-corrected chi connectivity index (χ4v) is 2.23. The summed E-state index contributed by atoms with van der Waals surface area (Å²) in [5, 5.41) is 9.97. The first-order chi connectivity index (χ1) is 8.08. The third-order valence-corrected chi connectivity index (χ3v) is 3.08. The number of piperidine rings is 1. The van der Waals surface area contributed by atoms with Crippen LogP contribution in [-0.2, 0) is 0 Å². The predicted molar refractivity (Wildman–Crippen MR) is 65.2 cm³/mol. The standard InChI is InChI=1S/C11H14ClN3O2/c12-9-4-7(10(13)17)5-14-11(9)15-3-1-2-8(16)6-15/h4-5,8,16H,1-3,6H2,(H2,13,17)/t8-/m0/s1. The molecule has 0 aromatic carbocycles. The Morgan fingerprint density at radius 3 is 3.00 bits per heavy atom. The van der Waals surface area contributed by atoms with Crippen LogP contribution in [0, 0.1) is 0 Å². The SMILES string of the molecule is NC(=O)c1cnc(N2CCC[C@H](O)C2)c(Cl)c1. The molecule has 1 aliphatic heterocycles. The van der Waals surface area contributed by atoms with Gasteiger partial charge in [-0.25, -0.2) is 4.98 Å². The van der Waals surface area contributed by atoms with Gasteiger partial charge in [-0.2, -0.15) is 0 Å². The number of nitrogens with two attached hydrogens (primary N) is 1. The predicted octanol–water partition coefficient (Wildman–Crippen LogP) is 0.795. The van der Waals surface area contributed by atoms with E-state index < -0.39 is 5.91 Å². The van der Waals surface area contributed by atoms with Crippen molar-refractivity contribution < 1.29 is 9.90 Å². The summed E-state index contributed by atoms with van der Waals surface area (Å²) >= 11 is 6.06. The normalized spacial score (nSPS) is 20.4. The molecule has 1 aromatic heterocycles. The quantitative estimate of drug-likeness (QED) is 0.819. The van der Waals surface area contributed by atoms with Crippen molar-refractivity contribution in [2.75, 3.05) is 18.0 Å². The molecule has 0 spiro atoms. The number of hydrogen-bond acceptors (Lipinski definition) is 4. The van der Waals surface area contributed by atoms with E-state index in [2.05, 4.69) is 4.98 Å². The lowest BCUT2D eigenvalue weighted by molar-refractivity contribution is 0.1000. The van der Waals surface area contributed by atoms with Crippen LogP contribution in [0.4, 0.5) is 5.82 Å². The highest BCUT2D eigenvalue weighted by molar-refractivity contribution is 6.33. The second-order valence-electron chi connectivity index (χ2n) is 4.14. The topological polar surface area (TPSA) is 79.5 Å². The fourth-order valence-electron chi connectivity index (χ4n) is 1.95. The van der Waals surface area contributed by atoms with Crippen molar-refractivity contribution in [1.82, 2.24) is 4.98 Å². The van der Waals surface area contributed by atoms with Crippen LogP contribution in [0.2, 0.25) is 5.02 Å². The third-order valence-electron chi connectivity index (χ3n) is 2.80. The average molecular weight is 256 g/mol. The van der Waals surface area contributed by atoms with Crippen molar-refractivity contribution in [3.05, 3.63) is 22.8 Å². The van der Waals surface area contributed by atoms with Gasteiger partial charge in [0, 0.05) is 19.3 Å². The lowest BCUT2D eigenvalue weighted by Gasteiger charge is -2.31. The van der Waals surface area contributed by atoms with Crippen LogP contribution in [0.1, 0.15) is 23.2 Å². The van der Waals surface area contributed by atoms with E-state index in [1.165, 1.54) is 12.3 Å². The zero-order valence-corrected chi connectivity index (χ0v) is 10.0. The summed E-state index contributed by atoms with van der Waals surface area (Å²) in [6.45, 7) is 1.32. The van der Waals surface area contributed by atoms with Crippen molar-refractivity contribution in [2.45, 2.75) is 18.9 Å². The molecule has 1 amide bonds. The number of carbonyl (C=O) groups excluding carboxylic acids is 1. The second-order valence-corrected chi connectivity index (χ2v) is 4.54. The number of nitrogens with zero attached hydrogens (tertiary/aromatic N) is 2. The number of carbonyl (C=O) groups is 1. The molecule has 1 aromatic rings. The zero-order valence-electron chi connectivity index (χ0n) is 9.27. The van der Waals surface area contributed by atoms with Crippen LogP contribution in [0.25, 0.3) is 0 Å². The van der Waals surface area contributed by atoms with Gasteiger partial charge in [-0.15, -0.1) is 0 Å². The van der Waals surface area contributed by atoms with E-state index in [1.807, 2.05) is 4.90 Å². The van der Waals surface area contributed by atoms with Crippen LogP contribution in [0.15, 0.2) is 12.3 Å². The molecule has 0 radical (unpaired) electrons. The number of amides is 1. The van der Waals surface area contributed by atoms with E-state index >= 15 is 0 Å². The fraction of sp³-hybridized carbons (Fsp3) is 0.455. The number of aromatic nitrogens is 1. The molecule has 1 saturated heterocycles. The van der Waals surface area contributed by atoms with Crippen LogP contribution in [-0.4, -0.2) is 35.2 Å². The van der Waals surface area contributed by atoms with E-state index in [0.29, 0.717) is 17.4 Å². The minimum Gasteiger partial charge on any atom is -0.391 e. The van der Waals surface area contributed by atoms with E-state index in [9.17, 15) is 9.90 Å². The van der Waals surface area contributed by atoms with Crippen molar-refractivity contribution in [3.8, 4) is 0 Å². The maximum atomic E-state index is 11.0. The molecule has 17 heavy (non-hydrogen) atoms. The Hall–Kier alpha value is -1.33. The molecule has 2 rings (SSSR count). The number of aliphatic hydroxyl groups excluding tert-OH is 1. The maximum absolute atomic E-state index is 11.0. The van der Waals surface area contributed by atoms with Crippen molar-refractivity contribution in [3.63, 3.8) is 0 Å². The largest absolute Gasteiger partial charge is 0.391 e. The minimum atomic E-state index is -0.551. The van der Waals surface area contributed by atoms with Gasteiger partial charge in [0.2, 0.25) is 5.91 Å². The van der Waals surface area contributed by atoms with Gasteiger partial charge in [-0.3, -0.25) is 4.79 Å². The van der Waals surface area contributed by atoms with Crippen LogP contribution in [0.5, 0.6) is 0 Å². The number of hydrogen-bond donors (Lipinski definition) is 2. The highest BCUT2D eigenvalue weighted by Gasteiger charge is 2.21. The Balaban J connectivity index is 2.23. The number of rotatable bonds is 2. The van der Waals surface area contributed by atoms with Crippen molar-refractivity contribution >= 4 is 23.3 Å². The van der Waals surface area contributed by atoms with Crippen LogP contribution < -0.4 is 10.6 Å². The molecule has 0 aliphatic carbocycles. The first kappa shape index (κ1) is 12.1. The van der Waals surface area contributed by atoms with Gasteiger partial charge in [0.05, 0.1) is 16.7 Å². The molecule has 5 nitrogen and oxygen atoms in total. The van der Waals surface area contributed by atoms with Gasteiger partial charge in [0.1, 0.15) is 5.82 Å². The van der Waals surface area contributed by atoms with Gasteiger partial charge in [-0.05, 0) is 18.9 Å². The molecule has 6 heteroatoms. The van der Waals surface area contributed by atoms with Gasteiger partial charge >= 0.3 is 0 Å². The molecule has 1 atom stereocenters. The van der Waals surface area contributed by atoms with Crippen LogP contribution in [0.3, 0.4) is 0 Å². The highest BCUT2D eigenvalue weighted by atomic mass is 35.5. The Morgan fingerprint density at radius 1 is 1.65 bits per heavy atom. The highest BCUT2D eigenvalue weighted by Crippen LogP contribution is 2.26. The first-order valence-corrected chi connectivity index (χ1v) is 5.84. The summed E-state index contributed by atoms with van der Waals surface area (Å²) < 4.78 is 0. The summed E-state index contributed by atoms with van der Waals surface area (Å²) in [7, 11) is 0. The van der Waals surface area contributed by atoms with E-state index in [-0.39, 0.29) is 11.7 Å². The summed E-state index contributed by atoms with van der Waals surface area (Å²) in [6, 6.07) is 1.51. The molecule has 1 fully saturated rings. The lowest BCUT2D eigenvalue weighted by atomic mass is 10.1. The number of halogens is 1. The molecule has 0 saturated carbocycles. The third kappa shape index (κ3) is 2.68. The van der Waals surface area contributed by atoms with Crippen molar-refractivity contribution in [1.29, 1.82) is 0 Å². The Bertz CT molecular complexity index is 439. The Morgan fingerprint density at radius 2 is 2.41 bits per heavy atom. The van der Waals surface area contributed by atoms with Gasteiger partial charge in [-0.1, -0.05) is 11.6 Å². The number of β-amino-alcohol motifs (C(OH)–C–C–N with tert-alkyl or cyclic N) is 1. The van der Waals surface area contributed by atoms with E-state index in [1.54, 1.807) is 0 Å². The van der Waals surface area contributed by atoms with Crippen LogP contribution >= 0.6 is 11.6 Å². The molecule has 0 bridgehead atoms. The number of pyridine rings is 1. The molecule has 2 heterocycles. The van der Waals surface area contributed by atoms with Gasteiger partial charge < -0.3 is 15.7 Å². The van der Waals surface area contributed by atoms with Gasteiger partial charge in [0.15, 0.2) is 0 Å². The average Bonchev–Trinajstić information content (AvgIpc) is 2.28. The molecule has 3 N–H and O–H groups in total. The first-order valence-electron chi connectivity index (χ1n) is 5.46. The molecule has 1 aliphatic rings. The Kier molecular flexibility index (Phi) is 3.49. The zero-order chi connectivity index (χ0) is 12.4. The summed E-state index contributed by atoms with van der Waals surface area (Å²) in [5.41, 5.74) is 5.43. The Labute approximate surface area is 104 Å². The number of primary amides is 1. The monoisotopic (exact) mass is 255 g/mol. The van der Waals surface area contributed by atoms with Crippen molar-refractivity contribution in [2.24, 2.45) is 5.73 Å². The van der Waals surface area contributed by atoms with E-state index in [0.717, 1.165) is 19.4 Å². The maximum Gasteiger partial charge on any atom is 0.250 e. The summed E-state index contributed by atoms with van der Waals surface area (Å²) in [4.78, 5) is 17.0. The van der Waals surface area contributed by atoms with Gasteiger partial charge in [0.25, 0.3) is 0 Å². The summed E-state index contributed by atoms with van der Waals surface area (Å²) in [5.74, 6) is 0.0417. The smallest absolute Gasteiger partial charge is 0.250 e. The molecule has 92 valence electrons. The second kappa shape index (κ2) is 4.89. The molecular formula is C11H14ClN3O2. The summed E-state index contributed by atoms with van der Waals surface area (Å²) in [6.07, 6.45) is 2.76. The number of aliphatic hydroxyl groups is 1.